The molecular weight excluding hydrogens is 368 g/mol. The topological polar surface area (TPSA) is 94.6 Å². The van der Waals surface area contributed by atoms with Gasteiger partial charge in [-0.05, 0) is 17.7 Å². The molecule has 5 rings (SSSR count). The molecule has 2 aromatic carbocycles. The molecule has 1 aromatic heterocycles. The third-order valence-corrected chi connectivity index (χ3v) is 5.46. The number of halogens is 1. The fraction of sp³-hybridized carbons (Fsp3) is 0.250. The van der Waals surface area contributed by atoms with Crippen LogP contribution in [0.2, 0.25) is 0 Å². The molecule has 0 bridgehead atoms. The fourth-order valence-corrected chi connectivity index (χ4v) is 4.08. The molecule has 3 aromatic rings. The largest absolute Gasteiger partial charge is 0.508 e. The maximum atomic E-state index is 12.2. The molecule has 0 saturated carbocycles. The number of H-pyrrole nitrogens is 1. The summed E-state index contributed by atoms with van der Waals surface area (Å²) < 4.78 is 4.94. The maximum Gasteiger partial charge on any atom is 0.323 e. The predicted molar refractivity (Wildman–Crippen MR) is 103 cm³/mol. The van der Waals surface area contributed by atoms with Gasteiger partial charge >= 0.3 is 5.97 Å². The Morgan fingerprint density at radius 2 is 1.96 bits per heavy atom. The van der Waals surface area contributed by atoms with Crippen LogP contribution >= 0.6 is 12.4 Å². The first kappa shape index (κ1) is 17.7. The summed E-state index contributed by atoms with van der Waals surface area (Å²) in [6.45, 7) is 0. The van der Waals surface area contributed by atoms with Gasteiger partial charge in [-0.3, -0.25) is 10.1 Å². The van der Waals surface area contributed by atoms with Crippen LogP contribution in [0.5, 0.6) is 11.5 Å². The Bertz CT molecular complexity index is 1080. The molecule has 0 fully saturated rings. The molecule has 0 unspecified atom stereocenters. The van der Waals surface area contributed by atoms with E-state index in [-0.39, 0.29) is 29.9 Å². The summed E-state index contributed by atoms with van der Waals surface area (Å²) in [4.78, 5) is 15.7. The van der Waals surface area contributed by atoms with Crippen molar-refractivity contribution < 1.29 is 19.7 Å². The summed E-state index contributed by atoms with van der Waals surface area (Å²) in [5, 5.41) is 25.1. The Balaban J connectivity index is 0.00000180. The van der Waals surface area contributed by atoms with Crippen LogP contribution in [0.3, 0.4) is 0 Å². The normalized spacial score (nSPS) is 19.7. The zero-order valence-corrected chi connectivity index (χ0v) is 15.4. The van der Waals surface area contributed by atoms with Crippen LogP contribution < -0.4 is 5.32 Å². The predicted octanol–water partition coefficient (Wildman–Crippen LogP) is 2.68. The van der Waals surface area contributed by atoms with Crippen molar-refractivity contribution in [2.24, 2.45) is 0 Å². The van der Waals surface area contributed by atoms with Gasteiger partial charge in [-0.15, -0.1) is 12.4 Å². The van der Waals surface area contributed by atoms with E-state index in [1.54, 1.807) is 6.07 Å². The molecule has 2 heterocycles. The average Bonchev–Trinajstić information content (AvgIpc) is 3.39. The summed E-state index contributed by atoms with van der Waals surface area (Å²) in [6.07, 6.45) is 1.10. The molecule has 0 spiro atoms. The standard InChI is InChI=1S/C20H18N2O4.ClH/c1-26-20(25)15-7-11-9-4-2-3-5-14(9)21-17(11)18(22-15)13-8-16(23)10-6-12(10)19(13)24;/h2-5,8,15,18,21-24H,6-7H2,1H3;1H/t15-,18-;/m0./s1. The Kier molecular flexibility index (Phi) is 4.05. The highest BCUT2D eigenvalue weighted by molar-refractivity contribution is 5.87. The minimum atomic E-state index is -0.526. The van der Waals surface area contributed by atoms with Crippen LogP contribution in [0, 0.1) is 0 Å². The van der Waals surface area contributed by atoms with E-state index in [1.807, 2.05) is 24.3 Å². The summed E-state index contributed by atoms with van der Waals surface area (Å²) in [7, 11) is 1.37. The summed E-state index contributed by atoms with van der Waals surface area (Å²) in [6, 6.07) is 8.55. The van der Waals surface area contributed by atoms with Crippen LogP contribution in [0.1, 0.15) is 34.0 Å². The van der Waals surface area contributed by atoms with Crippen molar-refractivity contribution in [1.82, 2.24) is 10.3 Å². The number of phenols is 2. The lowest BCUT2D eigenvalue weighted by molar-refractivity contribution is -0.143. The Labute approximate surface area is 161 Å². The molecule has 0 radical (unpaired) electrons. The van der Waals surface area contributed by atoms with Gasteiger partial charge in [0.2, 0.25) is 0 Å². The smallest absolute Gasteiger partial charge is 0.323 e. The molecule has 27 heavy (non-hydrogen) atoms. The number of fused-ring (bicyclic) bond motifs is 4. The van der Waals surface area contributed by atoms with Crippen molar-refractivity contribution in [3.8, 4) is 11.5 Å². The quantitative estimate of drug-likeness (QED) is 0.314. The number of phenolic OH excluding ortho intramolecular Hbond substituents is 2. The highest BCUT2D eigenvalue weighted by Crippen LogP contribution is 2.48. The van der Waals surface area contributed by atoms with Crippen molar-refractivity contribution in [2.75, 3.05) is 7.11 Å². The van der Waals surface area contributed by atoms with Gasteiger partial charge < -0.3 is 19.9 Å². The lowest BCUT2D eigenvalue weighted by Crippen LogP contribution is -2.45. The second kappa shape index (κ2) is 6.18. The monoisotopic (exact) mass is 386 g/mol. The molecule has 140 valence electrons. The molecule has 2 atom stereocenters. The number of rotatable bonds is 2. The number of aromatic nitrogens is 1. The van der Waals surface area contributed by atoms with Gasteiger partial charge in [-0.25, -0.2) is 0 Å². The van der Waals surface area contributed by atoms with E-state index in [9.17, 15) is 15.0 Å². The molecule has 0 amide bonds. The number of aromatic hydroxyl groups is 2. The van der Waals surface area contributed by atoms with E-state index in [0.717, 1.165) is 33.3 Å². The van der Waals surface area contributed by atoms with Gasteiger partial charge in [0.1, 0.15) is 17.5 Å². The second-order valence-corrected chi connectivity index (χ2v) is 6.91. The highest BCUT2D eigenvalue weighted by atomic mass is 35.5. The number of hydrogen-bond donors (Lipinski definition) is 4. The Morgan fingerprint density at radius 1 is 1.19 bits per heavy atom. The van der Waals surface area contributed by atoms with Crippen molar-refractivity contribution in [3.63, 3.8) is 0 Å². The molecule has 6 nitrogen and oxygen atoms in total. The number of esters is 1. The number of benzene rings is 2. The lowest BCUT2D eigenvalue weighted by atomic mass is 9.90. The number of nitrogens with one attached hydrogen (secondary N) is 2. The first-order valence-electron chi connectivity index (χ1n) is 8.58. The van der Waals surface area contributed by atoms with E-state index in [0.29, 0.717) is 18.4 Å². The number of hydrogen-bond acceptors (Lipinski definition) is 5. The van der Waals surface area contributed by atoms with Crippen LogP contribution in [-0.2, 0) is 22.4 Å². The van der Waals surface area contributed by atoms with E-state index >= 15 is 0 Å². The number of carbonyl (C=O) groups is 1. The van der Waals surface area contributed by atoms with Gasteiger partial charge in [0.25, 0.3) is 0 Å². The van der Waals surface area contributed by atoms with Gasteiger partial charge in [-0.1, -0.05) is 18.2 Å². The third-order valence-electron chi connectivity index (χ3n) is 5.46. The van der Waals surface area contributed by atoms with Gasteiger partial charge in [0, 0.05) is 46.1 Å². The number of methoxy groups -OCH3 is 1. The van der Waals surface area contributed by atoms with E-state index in [2.05, 4.69) is 10.3 Å². The van der Waals surface area contributed by atoms with Crippen LogP contribution in [0.15, 0.2) is 30.3 Å². The third kappa shape index (κ3) is 2.56. The maximum absolute atomic E-state index is 12.2. The molecule has 1 aliphatic heterocycles. The van der Waals surface area contributed by atoms with Crippen LogP contribution in [0.4, 0.5) is 0 Å². The van der Waals surface area contributed by atoms with Crippen molar-refractivity contribution >= 4 is 29.3 Å². The molecule has 2 aliphatic rings. The zero-order chi connectivity index (χ0) is 18.0. The zero-order valence-electron chi connectivity index (χ0n) is 14.6. The highest BCUT2D eigenvalue weighted by Gasteiger charge is 2.38. The number of ether oxygens (including phenoxy) is 1. The summed E-state index contributed by atoms with van der Waals surface area (Å²) in [5.74, 6) is 0.0271. The van der Waals surface area contributed by atoms with Crippen molar-refractivity contribution in [1.29, 1.82) is 0 Å². The molecule has 1 aliphatic carbocycles. The summed E-state index contributed by atoms with van der Waals surface area (Å²) >= 11 is 0. The van der Waals surface area contributed by atoms with E-state index < -0.39 is 12.1 Å². The van der Waals surface area contributed by atoms with Crippen LogP contribution in [-0.4, -0.2) is 34.3 Å². The first-order chi connectivity index (χ1) is 12.6. The minimum absolute atomic E-state index is 0. The van der Waals surface area contributed by atoms with Gasteiger partial charge in [0.05, 0.1) is 13.2 Å². The van der Waals surface area contributed by atoms with E-state index in [1.165, 1.54) is 7.11 Å². The minimum Gasteiger partial charge on any atom is -0.508 e. The lowest BCUT2D eigenvalue weighted by Gasteiger charge is -2.30. The number of para-hydroxylation sites is 1. The fourth-order valence-electron chi connectivity index (χ4n) is 4.08. The summed E-state index contributed by atoms with van der Waals surface area (Å²) in [5.41, 5.74) is 5.05. The SMILES string of the molecule is COC(=O)[C@@H]1Cc2c([nH]c3ccccc23)[C@H](c2cc(O)c3c(c2O)C3)N1.Cl. The molecule has 4 N–H and O–H groups in total. The van der Waals surface area contributed by atoms with Gasteiger partial charge in [0.15, 0.2) is 0 Å². The second-order valence-electron chi connectivity index (χ2n) is 6.91. The number of carbonyl (C=O) groups excluding carboxylic acids is 1. The Hall–Kier alpha value is -2.70. The first-order valence-corrected chi connectivity index (χ1v) is 8.58. The molecule has 7 heteroatoms. The average molecular weight is 387 g/mol. The Morgan fingerprint density at radius 3 is 2.74 bits per heavy atom. The van der Waals surface area contributed by atoms with Crippen LogP contribution in [0.25, 0.3) is 10.9 Å². The van der Waals surface area contributed by atoms with E-state index in [4.69, 9.17) is 4.74 Å². The molecular formula is C20H19ClN2O4. The van der Waals surface area contributed by atoms with Gasteiger partial charge in [-0.2, -0.15) is 0 Å². The molecule has 0 saturated heterocycles. The van der Waals surface area contributed by atoms with Crippen molar-refractivity contribution in [2.45, 2.75) is 24.9 Å². The number of aromatic amines is 1. The van der Waals surface area contributed by atoms with Crippen molar-refractivity contribution in [3.05, 3.63) is 58.3 Å².